The Morgan fingerprint density at radius 2 is 1.94 bits per heavy atom. The molecule has 4 rings (SSSR count). The van der Waals surface area contributed by atoms with Crippen molar-refractivity contribution in [1.82, 2.24) is 4.90 Å². The van der Waals surface area contributed by atoms with Gasteiger partial charge in [-0.05, 0) is 93.5 Å². The first-order chi connectivity index (χ1) is 16.1. The van der Waals surface area contributed by atoms with Crippen LogP contribution in [0.3, 0.4) is 0 Å². The molecule has 0 unspecified atom stereocenters. The summed E-state index contributed by atoms with van der Waals surface area (Å²) in [7, 11) is 0. The van der Waals surface area contributed by atoms with E-state index in [4.69, 9.17) is 5.41 Å². The number of rotatable bonds is 9. The average Bonchev–Trinajstić information content (AvgIpc) is 2.85. The molecule has 4 heteroatoms. The van der Waals surface area contributed by atoms with Crippen molar-refractivity contribution in [2.75, 3.05) is 36.4 Å². The van der Waals surface area contributed by atoms with Gasteiger partial charge in [-0.15, -0.1) is 0 Å². The summed E-state index contributed by atoms with van der Waals surface area (Å²) >= 11 is 0. The van der Waals surface area contributed by atoms with E-state index in [1.54, 1.807) is 0 Å². The molecule has 0 spiro atoms. The van der Waals surface area contributed by atoms with Crippen LogP contribution in [0.2, 0.25) is 0 Å². The first-order valence-electron chi connectivity index (χ1n) is 12.5. The average molecular weight is 443 g/mol. The lowest BCUT2D eigenvalue weighted by Crippen LogP contribution is -2.36. The number of hydrogen-bond acceptors (Lipinski definition) is 4. The standard InChI is InChI=1S/C29H38N4/c1-23-12-16-32(17-13-23)19-15-31-29-11-10-28(21-27(29)22-30)33-18-14-26(20-24(33)2)9-8-25-6-4-3-5-7-25/h4,6-7,10-11,14,18,20-23,30-31H,2-3,5,8-9,12-13,15-17,19H2,1H3. The van der Waals surface area contributed by atoms with Crippen LogP contribution in [0.15, 0.2) is 78.2 Å². The second-order valence-corrected chi connectivity index (χ2v) is 9.52. The fraction of sp³-hybridized carbons (Fsp3) is 0.414. The number of nitrogens with one attached hydrogen (secondary N) is 2. The first-order valence-corrected chi connectivity index (χ1v) is 12.5. The molecule has 2 N–H and O–H groups in total. The molecule has 1 aromatic rings. The Labute approximate surface area is 199 Å². The smallest absolute Gasteiger partial charge is 0.0463 e. The van der Waals surface area contributed by atoms with Gasteiger partial charge in [-0.2, -0.15) is 0 Å². The summed E-state index contributed by atoms with van der Waals surface area (Å²) in [6.45, 7) is 11.0. The normalized spacial score (nSPS) is 19.4. The van der Waals surface area contributed by atoms with Crippen molar-refractivity contribution in [2.24, 2.45) is 5.92 Å². The van der Waals surface area contributed by atoms with Crippen LogP contribution in [-0.4, -0.2) is 37.3 Å². The lowest BCUT2D eigenvalue weighted by Gasteiger charge is -2.30. The summed E-state index contributed by atoms with van der Waals surface area (Å²) in [5, 5.41) is 11.5. The maximum absolute atomic E-state index is 7.93. The summed E-state index contributed by atoms with van der Waals surface area (Å²) in [6, 6.07) is 6.28. The zero-order chi connectivity index (χ0) is 23.0. The van der Waals surface area contributed by atoms with Crippen LogP contribution in [-0.2, 0) is 0 Å². The van der Waals surface area contributed by atoms with Crippen molar-refractivity contribution in [3.63, 3.8) is 0 Å². The molecule has 4 nitrogen and oxygen atoms in total. The highest BCUT2D eigenvalue weighted by Gasteiger charge is 2.16. The third-order valence-corrected chi connectivity index (χ3v) is 6.96. The van der Waals surface area contributed by atoms with Gasteiger partial charge in [0.2, 0.25) is 0 Å². The molecule has 2 aliphatic heterocycles. The Morgan fingerprint density at radius 3 is 2.67 bits per heavy atom. The molecule has 0 atom stereocenters. The Morgan fingerprint density at radius 1 is 1.12 bits per heavy atom. The van der Waals surface area contributed by atoms with Crippen molar-refractivity contribution in [3.05, 3.63) is 83.8 Å². The summed E-state index contributed by atoms with van der Waals surface area (Å²) in [5.41, 5.74) is 6.70. The lowest BCUT2D eigenvalue weighted by molar-refractivity contribution is 0.199. The monoisotopic (exact) mass is 442 g/mol. The lowest BCUT2D eigenvalue weighted by atomic mass is 9.98. The van der Waals surface area contributed by atoms with Gasteiger partial charge in [-0.3, -0.25) is 0 Å². The minimum Gasteiger partial charge on any atom is -0.383 e. The van der Waals surface area contributed by atoms with Crippen molar-refractivity contribution < 1.29 is 0 Å². The van der Waals surface area contributed by atoms with Gasteiger partial charge >= 0.3 is 0 Å². The molecule has 0 amide bonds. The van der Waals surface area contributed by atoms with E-state index >= 15 is 0 Å². The molecule has 0 saturated carbocycles. The fourth-order valence-electron chi connectivity index (χ4n) is 4.76. The van der Waals surface area contributed by atoms with Crippen LogP contribution in [0.5, 0.6) is 0 Å². The molecule has 0 bridgehead atoms. The van der Waals surface area contributed by atoms with Crippen LogP contribution in [0.4, 0.5) is 11.4 Å². The van der Waals surface area contributed by atoms with E-state index in [9.17, 15) is 0 Å². The third-order valence-electron chi connectivity index (χ3n) is 6.96. The number of benzene rings is 1. The SMILES string of the molecule is C=C1C=C(CCC2=CCCC=C2)C=CN1c1ccc(NCCN2CCC(C)CC2)c(C=N)c1. The molecular formula is C29H38N4. The molecule has 2 heterocycles. The number of allylic oxidation sites excluding steroid dienone is 7. The topological polar surface area (TPSA) is 42.4 Å². The number of anilines is 2. The number of nitrogens with zero attached hydrogens (tertiary/aromatic N) is 2. The highest BCUT2D eigenvalue weighted by atomic mass is 15.1. The van der Waals surface area contributed by atoms with Crippen LogP contribution in [0.1, 0.15) is 51.0 Å². The Bertz CT molecular complexity index is 973. The number of hydrogen-bond donors (Lipinski definition) is 2. The number of piperidine rings is 1. The molecule has 0 radical (unpaired) electrons. The van der Waals surface area contributed by atoms with E-state index in [0.29, 0.717) is 0 Å². The van der Waals surface area contributed by atoms with Crippen LogP contribution in [0, 0.1) is 11.3 Å². The fourth-order valence-corrected chi connectivity index (χ4v) is 4.76. The van der Waals surface area contributed by atoms with Crippen molar-refractivity contribution in [3.8, 4) is 0 Å². The van der Waals surface area contributed by atoms with Crippen molar-refractivity contribution >= 4 is 17.6 Å². The molecule has 1 saturated heterocycles. The van der Waals surface area contributed by atoms with Crippen molar-refractivity contribution in [2.45, 2.75) is 45.4 Å². The molecule has 174 valence electrons. The highest BCUT2D eigenvalue weighted by Crippen LogP contribution is 2.30. The maximum atomic E-state index is 7.93. The quantitative estimate of drug-likeness (QED) is 0.420. The molecule has 1 aromatic carbocycles. The van der Waals surface area contributed by atoms with E-state index in [1.807, 2.05) is 0 Å². The zero-order valence-electron chi connectivity index (χ0n) is 20.0. The van der Waals surface area contributed by atoms with Crippen molar-refractivity contribution in [1.29, 1.82) is 5.41 Å². The summed E-state index contributed by atoms with van der Waals surface area (Å²) in [5.74, 6) is 0.863. The Hall–Kier alpha value is -2.85. The first kappa shape index (κ1) is 23.3. The predicted molar refractivity (Wildman–Crippen MR) is 142 cm³/mol. The van der Waals surface area contributed by atoms with Gasteiger partial charge in [-0.25, -0.2) is 0 Å². The second kappa shape index (κ2) is 11.3. The number of likely N-dealkylation sites (tertiary alicyclic amines) is 1. The molecule has 3 aliphatic rings. The van der Waals surface area contributed by atoms with Gasteiger partial charge < -0.3 is 20.5 Å². The highest BCUT2D eigenvalue weighted by molar-refractivity contribution is 5.88. The summed E-state index contributed by atoms with van der Waals surface area (Å²) in [6.07, 6.45) is 21.9. The van der Waals surface area contributed by atoms with Crippen LogP contribution < -0.4 is 10.2 Å². The summed E-state index contributed by atoms with van der Waals surface area (Å²) < 4.78 is 0. The van der Waals surface area contributed by atoms with Gasteiger partial charge in [0.05, 0.1) is 0 Å². The molecule has 0 aromatic heterocycles. The van der Waals surface area contributed by atoms with E-state index in [1.165, 1.54) is 56.1 Å². The molecule has 1 aliphatic carbocycles. The predicted octanol–water partition coefficient (Wildman–Crippen LogP) is 6.66. The molecular weight excluding hydrogens is 404 g/mol. The van der Waals surface area contributed by atoms with Gasteiger partial charge in [0, 0.05) is 48.1 Å². The van der Waals surface area contributed by atoms with E-state index in [0.717, 1.165) is 54.5 Å². The van der Waals surface area contributed by atoms with Crippen LogP contribution >= 0.6 is 0 Å². The molecule has 1 fully saturated rings. The van der Waals surface area contributed by atoms with E-state index in [-0.39, 0.29) is 0 Å². The van der Waals surface area contributed by atoms with Crippen LogP contribution in [0.25, 0.3) is 0 Å². The minimum atomic E-state index is 0.863. The summed E-state index contributed by atoms with van der Waals surface area (Å²) in [4.78, 5) is 4.65. The largest absolute Gasteiger partial charge is 0.383 e. The van der Waals surface area contributed by atoms with Gasteiger partial charge in [0.15, 0.2) is 0 Å². The Balaban J connectivity index is 1.32. The Kier molecular flexibility index (Phi) is 8.01. The zero-order valence-corrected chi connectivity index (χ0v) is 20.0. The second-order valence-electron chi connectivity index (χ2n) is 9.52. The van der Waals surface area contributed by atoms with Gasteiger partial charge in [0.1, 0.15) is 0 Å². The third kappa shape index (κ3) is 6.35. The van der Waals surface area contributed by atoms with Gasteiger partial charge in [-0.1, -0.05) is 37.3 Å². The van der Waals surface area contributed by atoms with E-state index < -0.39 is 0 Å². The minimum absolute atomic E-state index is 0.863. The maximum Gasteiger partial charge on any atom is 0.0463 e. The molecule has 33 heavy (non-hydrogen) atoms. The van der Waals surface area contributed by atoms with Gasteiger partial charge in [0.25, 0.3) is 0 Å². The van der Waals surface area contributed by atoms with E-state index in [2.05, 4.69) is 83.4 Å².